The molecular formula is C19H20N2O5S3. The Balaban J connectivity index is 1.66. The van der Waals surface area contributed by atoms with Crippen LogP contribution in [0, 0.1) is 0 Å². The minimum Gasteiger partial charge on any atom is -0.479 e. The molecule has 1 fully saturated rings. The first-order chi connectivity index (χ1) is 13.9. The van der Waals surface area contributed by atoms with Crippen LogP contribution in [0.2, 0.25) is 0 Å². The molecule has 0 spiro atoms. The molecule has 1 unspecified atom stereocenters. The van der Waals surface area contributed by atoms with E-state index in [0.29, 0.717) is 28.1 Å². The van der Waals surface area contributed by atoms with E-state index in [4.69, 9.17) is 17.0 Å². The highest BCUT2D eigenvalue weighted by Crippen LogP contribution is 2.41. The van der Waals surface area contributed by atoms with Crippen LogP contribution in [0.5, 0.6) is 0 Å². The van der Waals surface area contributed by atoms with E-state index in [-0.39, 0.29) is 18.0 Å². The van der Waals surface area contributed by atoms with Gasteiger partial charge in [0, 0.05) is 11.5 Å². The number of nitrogens with zero attached hydrogens (tertiary/aromatic N) is 1. The van der Waals surface area contributed by atoms with Gasteiger partial charge in [-0.3, -0.25) is 14.5 Å². The predicted octanol–water partition coefficient (Wildman–Crippen LogP) is 2.02. The third kappa shape index (κ3) is 4.93. The lowest BCUT2D eigenvalue weighted by Crippen LogP contribution is -2.70. The molecule has 3 rings (SSSR count). The zero-order chi connectivity index (χ0) is 21.0. The topological polar surface area (TPSA) is 95.9 Å². The molecule has 0 saturated carbocycles. The van der Waals surface area contributed by atoms with Crippen LogP contribution in [0.15, 0.2) is 41.6 Å². The number of thioether (sulfide) groups is 2. The van der Waals surface area contributed by atoms with Crippen LogP contribution in [0.25, 0.3) is 0 Å². The maximum absolute atomic E-state index is 12.6. The molecule has 2 N–H and O–H groups in total. The average molecular weight is 453 g/mol. The SMILES string of the molecule is CCOC(=S)SCC1=C(C(=O)O)N2C(=O)C(NC(=O)Cc3ccccc3)[C@H]2SC1. The summed E-state index contributed by atoms with van der Waals surface area (Å²) < 4.78 is 5.56. The molecule has 1 saturated heterocycles. The van der Waals surface area contributed by atoms with E-state index in [2.05, 4.69) is 5.32 Å². The first-order valence-electron chi connectivity index (χ1n) is 8.95. The lowest BCUT2D eigenvalue weighted by atomic mass is 10.0. The lowest BCUT2D eigenvalue weighted by Gasteiger charge is -2.49. The van der Waals surface area contributed by atoms with Gasteiger partial charge in [-0.15, -0.1) is 11.8 Å². The smallest absolute Gasteiger partial charge is 0.352 e. The van der Waals surface area contributed by atoms with Crippen molar-refractivity contribution in [2.45, 2.75) is 24.8 Å². The van der Waals surface area contributed by atoms with Gasteiger partial charge in [-0.05, 0) is 30.3 Å². The number of fused-ring (bicyclic) bond motifs is 1. The van der Waals surface area contributed by atoms with Crippen LogP contribution in [-0.2, 0) is 25.5 Å². The molecule has 7 nitrogen and oxygen atoms in total. The highest BCUT2D eigenvalue weighted by Gasteiger charge is 2.54. The van der Waals surface area contributed by atoms with Gasteiger partial charge in [-0.1, -0.05) is 42.1 Å². The number of hydrogen-bond donors (Lipinski definition) is 2. The number of rotatable bonds is 7. The number of benzene rings is 1. The van der Waals surface area contributed by atoms with Crippen molar-refractivity contribution in [3.8, 4) is 0 Å². The first kappa shape index (κ1) is 21.7. The summed E-state index contributed by atoms with van der Waals surface area (Å²) in [7, 11) is 0. The molecule has 10 heteroatoms. The van der Waals surface area contributed by atoms with Gasteiger partial charge in [0.25, 0.3) is 5.91 Å². The molecule has 1 aromatic rings. The van der Waals surface area contributed by atoms with Gasteiger partial charge in [0.05, 0.1) is 13.0 Å². The Bertz CT molecular complexity index is 859. The van der Waals surface area contributed by atoms with Crippen LogP contribution < -0.4 is 5.32 Å². The van der Waals surface area contributed by atoms with Crippen molar-refractivity contribution in [2.75, 3.05) is 18.1 Å². The van der Waals surface area contributed by atoms with Gasteiger partial charge in [-0.2, -0.15) is 0 Å². The molecule has 0 bridgehead atoms. The Hall–Kier alpha value is -2.04. The molecule has 2 amide bonds. The number of carboxylic acids is 1. The molecule has 2 aliphatic heterocycles. The number of aliphatic carboxylic acids is 1. The second kappa shape index (κ2) is 9.64. The molecule has 0 radical (unpaired) electrons. The average Bonchev–Trinajstić information content (AvgIpc) is 2.70. The molecular weight excluding hydrogens is 432 g/mol. The number of ether oxygens (including phenoxy) is 1. The second-order valence-corrected chi connectivity index (χ2v) is 9.03. The Morgan fingerprint density at radius 2 is 2.10 bits per heavy atom. The second-order valence-electron chi connectivity index (χ2n) is 6.35. The largest absolute Gasteiger partial charge is 0.479 e. The summed E-state index contributed by atoms with van der Waals surface area (Å²) in [6, 6.07) is 8.51. The van der Waals surface area contributed by atoms with Gasteiger partial charge >= 0.3 is 5.97 Å². The lowest BCUT2D eigenvalue weighted by molar-refractivity contribution is -0.150. The minimum absolute atomic E-state index is 0.0147. The number of carbonyl (C=O) groups is 3. The Kier molecular flexibility index (Phi) is 7.20. The van der Waals surface area contributed by atoms with Gasteiger partial charge in [0.1, 0.15) is 17.1 Å². The van der Waals surface area contributed by atoms with Crippen molar-refractivity contribution in [1.29, 1.82) is 0 Å². The molecule has 29 heavy (non-hydrogen) atoms. The predicted molar refractivity (Wildman–Crippen MR) is 117 cm³/mol. The Labute approximate surface area is 182 Å². The van der Waals surface area contributed by atoms with Crippen molar-refractivity contribution in [2.24, 2.45) is 0 Å². The highest BCUT2D eigenvalue weighted by molar-refractivity contribution is 8.22. The van der Waals surface area contributed by atoms with Crippen LogP contribution in [0.1, 0.15) is 12.5 Å². The monoisotopic (exact) mass is 452 g/mol. The van der Waals surface area contributed by atoms with Crippen LogP contribution in [0.4, 0.5) is 0 Å². The van der Waals surface area contributed by atoms with Gasteiger partial charge < -0.3 is 15.2 Å². The number of nitrogens with one attached hydrogen (secondary N) is 1. The summed E-state index contributed by atoms with van der Waals surface area (Å²) in [5, 5.41) is 12.0. The van der Waals surface area contributed by atoms with Crippen molar-refractivity contribution < 1.29 is 24.2 Å². The Morgan fingerprint density at radius 1 is 1.38 bits per heavy atom. The highest BCUT2D eigenvalue weighted by atomic mass is 32.2. The maximum Gasteiger partial charge on any atom is 0.352 e. The third-order valence-corrected chi connectivity index (χ3v) is 7.06. The van der Waals surface area contributed by atoms with Gasteiger partial charge in [0.2, 0.25) is 10.3 Å². The van der Waals surface area contributed by atoms with Gasteiger partial charge in [-0.25, -0.2) is 4.79 Å². The normalized spacial score (nSPS) is 20.6. The van der Waals surface area contributed by atoms with E-state index in [0.717, 1.165) is 5.56 Å². The van der Waals surface area contributed by atoms with E-state index in [1.807, 2.05) is 37.3 Å². The number of carboxylic acid groups (broad SMARTS) is 1. The molecule has 2 heterocycles. The minimum atomic E-state index is -1.16. The number of thiocarbonyl (C=S) groups is 1. The first-order valence-corrected chi connectivity index (χ1v) is 11.4. The van der Waals surface area contributed by atoms with Crippen molar-refractivity contribution in [3.05, 3.63) is 47.2 Å². The third-order valence-electron chi connectivity index (χ3n) is 4.40. The Morgan fingerprint density at radius 3 is 2.76 bits per heavy atom. The quantitative estimate of drug-likeness (QED) is 0.479. The number of carbonyl (C=O) groups excluding carboxylic acids is 2. The van der Waals surface area contributed by atoms with Gasteiger partial charge in [0.15, 0.2) is 0 Å². The molecule has 0 aliphatic carbocycles. The van der Waals surface area contributed by atoms with E-state index in [9.17, 15) is 19.5 Å². The van der Waals surface area contributed by atoms with E-state index < -0.39 is 23.3 Å². The summed E-state index contributed by atoms with van der Waals surface area (Å²) >= 11 is 7.75. The van der Waals surface area contributed by atoms with E-state index in [1.54, 1.807) is 0 Å². The van der Waals surface area contributed by atoms with E-state index >= 15 is 0 Å². The molecule has 0 aromatic heterocycles. The van der Waals surface area contributed by atoms with Crippen LogP contribution >= 0.6 is 35.7 Å². The van der Waals surface area contributed by atoms with E-state index in [1.165, 1.54) is 28.4 Å². The van der Waals surface area contributed by atoms with Crippen LogP contribution in [-0.4, -0.2) is 61.7 Å². The summed E-state index contributed by atoms with van der Waals surface area (Å²) in [6.07, 6.45) is 0.167. The summed E-state index contributed by atoms with van der Waals surface area (Å²) in [5.74, 6) is -1.04. The molecule has 154 valence electrons. The van der Waals surface area contributed by atoms with Crippen molar-refractivity contribution in [3.63, 3.8) is 0 Å². The zero-order valence-corrected chi connectivity index (χ0v) is 18.1. The molecule has 2 atom stereocenters. The maximum atomic E-state index is 12.6. The molecule has 2 aliphatic rings. The van der Waals surface area contributed by atoms with Crippen molar-refractivity contribution >= 4 is 57.9 Å². The number of hydrogen-bond acceptors (Lipinski definition) is 7. The van der Waals surface area contributed by atoms with Crippen molar-refractivity contribution in [1.82, 2.24) is 10.2 Å². The fourth-order valence-corrected chi connectivity index (χ4v) is 5.61. The summed E-state index contributed by atoms with van der Waals surface area (Å²) in [5.41, 5.74) is 1.45. The standard InChI is InChI=1S/C19H20N2O5S3/c1-2-26-19(27)29-10-12-9-28-17-14(16(23)21(17)15(12)18(24)25)20-13(22)8-11-6-4-3-5-7-11/h3-7,14,17H,2,8-10H2,1H3,(H,20,22)(H,24,25)/t14?,17-/m1/s1. The molecule has 1 aromatic carbocycles. The number of amides is 2. The fourth-order valence-electron chi connectivity index (χ4n) is 3.11. The van der Waals surface area contributed by atoms with Crippen LogP contribution in [0.3, 0.4) is 0 Å². The zero-order valence-electron chi connectivity index (χ0n) is 15.6. The summed E-state index contributed by atoms with van der Waals surface area (Å²) in [6.45, 7) is 2.27. The number of β-lactam (4-membered cyclic amide) rings is 1. The fraction of sp³-hybridized carbons (Fsp3) is 0.368. The summed E-state index contributed by atoms with van der Waals surface area (Å²) in [4.78, 5) is 38.0.